The highest BCUT2D eigenvalue weighted by molar-refractivity contribution is 5.81. The molecule has 1 fully saturated rings. The predicted molar refractivity (Wildman–Crippen MR) is 124 cm³/mol. The second-order valence-corrected chi connectivity index (χ2v) is 8.37. The lowest BCUT2D eigenvalue weighted by molar-refractivity contribution is -0.138. The van der Waals surface area contributed by atoms with Gasteiger partial charge in [0.05, 0.1) is 11.6 Å². The molecule has 1 saturated heterocycles. The third-order valence-electron chi connectivity index (χ3n) is 6.02. The van der Waals surface area contributed by atoms with Crippen molar-refractivity contribution in [3.63, 3.8) is 0 Å². The number of rotatable bonds is 6. The summed E-state index contributed by atoms with van der Waals surface area (Å²) in [6.07, 6.45) is 3.91. The van der Waals surface area contributed by atoms with Gasteiger partial charge >= 0.3 is 5.97 Å². The SMILES string of the molecule is Cc1ccc(-c2nc(N3CCCCC3)nc(C)c2C(Cc2ccccc2)C(=O)O)cc1. The Hall–Kier alpha value is -3.21. The van der Waals surface area contributed by atoms with Crippen molar-refractivity contribution in [1.29, 1.82) is 0 Å². The second-order valence-electron chi connectivity index (χ2n) is 8.37. The molecule has 5 heteroatoms. The van der Waals surface area contributed by atoms with Crippen LogP contribution in [0.1, 0.15) is 47.6 Å². The molecule has 1 aromatic heterocycles. The lowest BCUT2D eigenvalue weighted by Crippen LogP contribution is -2.31. The number of benzene rings is 2. The van der Waals surface area contributed by atoms with Crippen LogP contribution in [0.4, 0.5) is 5.95 Å². The Labute approximate surface area is 183 Å². The fraction of sp³-hybridized carbons (Fsp3) is 0.346. The van der Waals surface area contributed by atoms with Gasteiger partial charge in [0.25, 0.3) is 0 Å². The van der Waals surface area contributed by atoms with E-state index in [1.807, 2.05) is 68.4 Å². The first-order chi connectivity index (χ1) is 15.0. The fourth-order valence-electron chi connectivity index (χ4n) is 4.31. The van der Waals surface area contributed by atoms with Crippen LogP contribution in [0.15, 0.2) is 54.6 Å². The van der Waals surface area contributed by atoms with Crippen molar-refractivity contribution in [3.8, 4) is 11.3 Å². The third-order valence-corrected chi connectivity index (χ3v) is 6.02. The minimum Gasteiger partial charge on any atom is -0.481 e. The van der Waals surface area contributed by atoms with Crippen LogP contribution in [0.5, 0.6) is 0 Å². The van der Waals surface area contributed by atoms with E-state index in [1.165, 1.54) is 6.42 Å². The van der Waals surface area contributed by atoms with Gasteiger partial charge in [-0.1, -0.05) is 60.2 Å². The van der Waals surface area contributed by atoms with Gasteiger partial charge in [0.2, 0.25) is 5.95 Å². The summed E-state index contributed by atoms with van der Waals surface area (Å²) >= 11 is 0. The van der Waals surface area contributed by atoms with Crippen molar-refractivity contribution in [2.24, 2.45) is 0 Å². The molecule has 1 N–H and O–H groups in total. The number of carbonyl (C=O) groups is 1. The van der Waals surface area contributed by atoms with Crippen LogP contribution < -0.4 is 4.90 Å². The molecule has 0 radical (unpaired) electrons. The summed E-state index contributed by atoms with van der Waals surface area (Å²) < 4.78 is 0. The molecule has 0 spiro atoms. The lowest BCUT2D eigenvalue weighted by atomic mass is 9.88. The van der Waals surface area contributed by atoms with Crippen LogP contribution in [0.25, 0.3) is 11.3 Å². The first kappa shape index (κ1) is 21.0. The zero-order chi connectivity index (χ0) is 21.8. The molecule has 2 heterocycles. The largest absolute Gasteiger partial charge is 0.481 e. The summed E-state index contributed by atoms with van der Waals surface area (Å²) in [5.74, 6) is -0.857. The minimum absolute atomic E-state index is 0.405. The maximum absolute atomic E-state index is 12.4. The molecule has 1 aliphatic rings. The average Bonchev–Trinajstić information content (AvgIpc) is 2.79. The van der Waals surface area contributed by atoms with Crippen LogP contribution in [-0.4, -0.2) is 34.1 Å². The van der Waals surface area contributed by atoms with E-state index < -0.39 is 11.9 Å². The summed E-state index contributed by atoms with van der Waals surface area (Å²) in [6, 6.07) is 17.9. The van der Waals surface area contributed by atoms with Crippen molar-refractivity contribution < 1.29 is 9.90 Å². The third kappa shape index (κ3) is 4.76. The quantitative estimate of drug-likeness (QED) is 0.602. The normalized spacial score (nSPS) is 15.0. The van der Waals surface area contributed by atoms with Crippen LogP contribution in [0, 0.1) is 13.8 Å². The second kappa shape index (κ2) is 9.29. The van der Waals surface area contributed by atoms with Gasteiger partial charge in [0.15, 0.2) is 0 Å². The molecule has 4 rings (SSSR count). The number of piperidine rings is 1. The van der Waals surface area contributed by atoms with Crippen LogP contribution in [0.2, 0.25) is 0 Å². The highest BCUT2D eigenvalue weighted by Crippen LogP contribution is 2.34. The average molecular weight is 416 g/mol. The molecular formula is C26H29N3O2. The van der Waals surface area contributed by atoms with Gasteiger partial charge in [-0.15, -0.1) is 0 Å². The van der Waals surface area contributed by atoms with E-state index in [9.17, 15) is 9.90 Å². The Kier molecular flexibility index (Phi) is 6.31. The molecule has 1 atom stereocenters. The van der Waals surface area contributed by atoms with E-state index in [0.29, 0.717) is 17.9 Å². The number of anilines is 1. The van der Waals surface area contributed by atoms with E-state index in [-0.39, 0.29) is 0 Å². The fourth-order valence-corrected chi connectivity index (χ4v) is 4.31. The first-order valence-corrected chi connectivity index (χ1v) is 11.0. The minimum atomic E-state index is -0.852. The molecule has 0 bridgehead atoms. The number of aryl methyl sites for hydroxylation is 2. The number of nitrogens with zero attached hydrogens (tertiary/aromatic N) is 3. The Balaban J connectivity index is 1.84. The van der Waals surface area contributed by atoms with Crippen molar-refractivity contribution in [2.45, 2.75) is 45.4 Å². The van der Waals surface area contributed by atoms with Crippen molar-refractivity contribution in [3.05, 3.63) is 77.0 Å². The van der Waals surface area contributed by atoms with E-state index >= 15 is 0 Å². The molecule has 2 aromatic carbocycles. The van der Waals surface area contributed by atoms with Crippen molar-refractivity contribution >= 4 is 11.9 Å². The number of aliphatic carboxylic acids is 1. The topological polar surface area (TPSA) is 66.3 Å². The molecule has 31 heavy (non-hydrogen) atoms. The van der Waals surface area contributed by atoms with Gasteiger partial charge in [0.1, 0.15) is 0 Å². The lowest BCUT2D eigenvalue weighted by Gasteiger charge is -2.28. The van der Waals surface area contributed by atoms with Crippen molar-refractivity contribution in [2.75, 3.05) is 18.0 Å². The zero-order valence-corrected chi connectivity index (χ0v) is 18.2. The van der Waals surface area contributed by atoms with E-state index in [2.05, 4.69) is 4.90 Å². The number of aromatic nitrogens is 2. The molecule has 0 amide bonds. The van der Waals surface area contributed by atoms with Gasteiger partial charge in [-0.05, 0) is 45.1 Å². The van der Waals surface area contributed by atoms with E-state index in [4.69, 9.17) is 9.97 Å². The summed E-state index contributed by atoms with van der Waals surface area (Å²) in [5.41, 5.74) is 5.27. The number of carboxylic acid groups (broad SMARTS) is 1. The summed E-state index contributed by atoms with van der Waals surface area (Å²) in [6.45, 7) is 5.85. The Morgan fingerprint density at radius 1 is 0.968 bits per heavy atom. The Morgan fingerprint density at radius 3 is 2.29 bits per heavy atom. The molecule has 3 aromatic rings. The van der Waals surface area contributed by atoms with Gasteiger partial charge in [-0.25, -0.2) is 9.97 Å². The summed E-state index contributed by atoms with van der Waals surface area (Å²) in [5, 5.41) is 10.2. The van der Waals surface area contributed by atoms with E-state index in [0.717, 1.165) is 54.0 Å². The summed E-state index contributed by atoms with van der Waals surface area (Å²) in [7, 11) is 0. The van der Waals surface area contributed by atoms with Crippen LogP contribution in [-0.2, 0) is 11.2 Å². The first-order valence-electron chi connectivity index (χ1n) is 11.0. The van der Waals surface area contributed by atoms with Crippen LogP contribution in [0.3, 0.4) is 0 Å². The smallest absolute Gasteiger partial charge is 0.311 e. The van der Waals surface area contributed by atoms with Gasteiger partial charge in [-0.2, -0.15) is 0 Å². The molecule has 5 nitrogen and oxygen atoms in total. The summed E-state index contributed by atoms with van der Waals surface area (Å²) in [4.78, 5) is 24.4. The number of hydrogen-bond donors (Lipinski definition) is 1. The number of carboxylic acids is 1. The van der Waals surface area contributed by atoms with Gasteiger partial charge < -0.3 is 10.0 Å². The highest BCUT2D eigenvalue weighted by Gasteiger charge is 2.29. The van der Waals surface area contributed by atoms with Crippen LogP contribution >= 0.6 is 0 Å². The maximum Gasteiger partial charge on any atom is 0.311 e. The highest BCUT2D eigenvalue weighted by atomic mass is 16.4. The maximum atomic E-state index is 12.4. The Morgan fingerprint density at radius 2 is 1.65 bits per heavy atom. The Bertz CT molecular complexity index is 1040. The number of hydrogen-bond acceptors (Lipinski definition) is 4. The molecule has 0 saturated carbocycles. The van der Waals surface area contributed by atoms with E-state index in [1.54, 1.807) is 0 Å². The van der Waals surface area contributed by atoms with Crippen molar-refractivity contribution in [1.82, 2.24) is 9.97 Å². The van der Waals surface area contributed by atoms with Gasteiger partial charge in [0, 0.05) is 29.9 Å². The standard InChI is InChI=1S/C26H29N3O2/c1-18-11-13-21(14-12-18)24-23(22(25(30)31)17-20-9-5-3-6-10-20)19(2)27-26(28-24)29-15-7-4-8-16-29/h3,5-6,9-14,22H,4,7-8,15-17H2,1-2H3,(H,30,31). The molecular weight excluding hydrogens is 386 g/mol. The van der Waals surface area contributed by atoms with Gasteiger partial charge in [-0.3, -0.25) is 4.79 Å². The zero-order valence-electron chi connectivity index (χ0n) is 18.2. The molecule has 160 valence electrons. The predicted octanol–water partition coefficient (Wildman–Crippen LogP) is 5.16. The molecule has 1 aliphatic heterocycles. The monoisotopic (exact) mass is 415 g/mol. The molecule has 0 aliphatic carbocycles. The molecule has 1 unspecified atom stereocenters.